The van der Waals surface area contributed by atoms with Gasteiger partial charge in [-0.1, -0.05) is 127 Å². The first-order chi connectivity index (χ1) is 22.7. The van der Waals surface area contributed by atoms with Gasteiger partial charge >= 0.3 is 0 Å². The number of hydrogen-bond acceptors (Lipinski definition) is 4. The molecule has 0 radical (unpaired) electrons. The summed E-state index contributed by atoms with van der Waals surface area (Å²) in [6.45, 7) is 0. The van der Waals surface area contributed by atoms with E-state index < -0.39 is 0 Å². The first-order valence-electron chi connectivity index (χ1n) is 15.1. The van der Waals surface area contributed by atoms with E-state index in [1.807, 2.05) is 18.2 Å². The second-order valence-electron chi connectivity index (χ2n) is 11.4. The summed E-state index contributed by atoms with van der Waals surface area (Å²) < 4.78 is 2.25. The fraction of sp³-hybridized carbons (Fsp3) is 0. The molecule has 3 nitrogen and oxygen atoms in total. The molecule has 0 amide bonds. The van der Waals surface area contributed by atoms with Crippen LogP contribution in [0.25, 0.3) is 87.0 Å². The average molecular weight is 626 g/mol. The second kappa shape index (κ2) is 10.9. The van der Waals surface area contributed by atoms with Gasteiger partial charge in [-0.2, -0.15) is 0 Å². The van der Waals surface area contributed by atoms with E-state index in [9.17, 15) is 0 Å². The molecule has 0 spiro atoms. The zero-order chi connectivity index (χ0) is 30.6. The minimum absolute atomic E-state index is 0.621. The Morgan fingerprint density at radius 3 is 1.91 bits per heavy atom. The molecule has 46 heavy (non-hydrogen) atoms. The van der Waals surface area contributed by atoms with Crippen LogP contribution in [0.3, 0.4) is 0 Å². The van der Waals surface area contributed by atoms with Crippen LogP contribution in [-0.4, -0.2) is 15.0 Å². The third-order valence-corrected chi connectivity index (χ3v) is 10.1. The van der Waals surface area contributed by atoms with Gasteiger partial charge in [-0.15, -0.1) is 11.3 Å². The highest BCUT2D eigenvalue weighted by Gasteiger charge is 2.19. The molecule has 0 aliphatic heterocycles. The molecule has 0 bridgehead atoms. The van der Waals surface area contributed by atoms with Crippen molar-refractivity contribution in [3.05, 3.63) is 151 Å². The summed E-state index contributed by atoms with van der Waals surface area (Å²) in [6.07, 6.45) is 0. The standard InChI is InChI=1S/C41H24ClN3S/c42-35-21-20-33(38-37(35)34-23-28-13-4-5-14-29(28)24-36(34)46-38)41-44-39(30-17-8-16-27(22-30)25-10-2-1-3-11-25)43-40(45-41)32-19-9-15-26-12-6-7-18-31(26)32/h1-24H. The Labute approximate surface area is 274 Å². The van der Waals surface area contributed by atoms with Gasteiger partial charge < -0.3 is 0 Å². The summed E-state index contributed by atoms with van der Waals surface area (Å²) >= 11 is 8.67. The molecule has 2 aromatic heterocycles. The molecule has 216 valence electrons. The van der Waals surface area contributed by atoms with Gasteiger partial charge in [-0.05, 0) is 63.0 Å². The van der Waals surface area contributed by atoms with Gasteiger partial charge in [-0.25, -0.2) is 15.0 Å². The molecule has 0 N–H and O–H groups in total. The number of benzene rings is 7. The highest BCUT2D eigenvalue weighted by Crippen LogP contribution is 2.44. The Hall–Kier alpha value is -5.42. The molecule has 0 aliphatic carbocycles. The minimum atomic E-state index is 0.621. The lowest BCUT2D eigenvalue weighted by Crippen LogP contribution is -2.01. The summed E-state index contributed by atoms with van der Waals surface area (Å²) in [5.41, 5.74) is 5.09. The number of hydrogen-bond donors (Lipinski definition) is 0. The monoisotopic (exact) mass is 625 g/mol. The molecule has 0 saturated carbocycles. The number of aromatic nitrogens is 3. The van der Waals surface area contributed by atoms with Crippen LogP contribution in [0.5, 0.6) is 0 Å². The average Bonchev–Trinajstić information content (AvgIpc) is 3.49. The number of nitrogens with zero attached hydrogens (tertiary/aromatic N) is 3. The molecule has 0 saturated heterocycles. The summed E-state index contributed by atoms with van der Waals surface area (Å²) in [7, 11) is 0. The van der Waals surface area contributed by atoms with E-state index in [0.717, 1.165) is 59.1 Å². The molecule has 9 aromatic rings. The van der Waals surface area contributed by atoms with E-state index in [-0.39, 0.29) is 0 Å². The molecule has 5 heteroatoms. The molecule has 2 heterocycles. The predicted molar refractivity (Wildman–Crippen MR) is 194 cm³/mol. The Bertz CT molecular complexity index is 2600. The van der Waals surface area contributed by atoms with Crippen molar-refractivity contribution in [3.63, 3.8) is 0 Å². The number of fused-ring (bicyclic) bond motifs is 5. The lowest BCUT2D eigenvalue weighted by atomic mass is 10.0. The van der Waals surface area contributed by atoms with Crippen LogP contribution >= 0.6 is 22.9 Å². The minimum Gasteiger partial charge on any atom is -0.208 e. The van der Waals surface area contributed by atoms with E-state index in [0.29, 0.717) is 17.5 Å². The predicted octanol–water partition coefficient (Wildman–Crippen LogP) is 11.9. The van der Waals surface area contributed by atoms with Crippen molar-refractivity contribution in [2.45, 2.75) is 0 Å². The Balaban J connectivity index is 1.31. The Morgan fingerprint density at radius 1 is 0.435 bits per heavy atom. The van der Waals surface area contributed by atoms with Gasteiger partial charge in [0.05, 0.1) is 0 Å². The number of rotatable bonds is 4. The maximum atomic E-state index is 6.94. The quantitative estimate of drug-likeness (QED) is 0.195. The van der Waals surface area contributed by atoms with Gasteiger partial charge in [0.15, 0.2) is 17.5 Å². The van der Waals surface area contributed by atoms with Crippen molar-refractivity contribution < 1.29 is 0 Å². The molecule has 0 unspecified atom stereocenters. The zero-order valence-electron chi connectivity index (χ0n) is 24.5. The van der Waals surface area contributed by atoms with Crippen LogP contribution < -0.4 is 0 Å². The molecular weight excluding hydrogens is 602 g/mol. The first-order valence-corrected chi connectivity index (χ1v) is 16.3. The van der Waals surface area contributed by atoms with Crippen LogP contribution in [0.1, 0.15) is 0 Å². The highest BCUT2D eigenvalue weighted by molar-refractivity contribution is 7.26. The number of thiophene rings is 1. The van der Waals surface area contributed by atoms with Crippen LogP contribution in [-0.2, 0) is 0 Å². The molecule has 9 rings (SSSR count). The van der Waals surface area contributed by atoms with Crippen molar-refractivity contribution in [2.24, 2.45) is 0 Å². The van der Waals surface area contributed by atoms with E-state index in [2.05, 4.69) is 127 Å². The smallest absolute Gasteiger partial charge is 0.165 e. The zero-order valence-corrected chi connectivity index (χ0v) is 26.1. The third kappa shape index (κ3) is 4.54. The largest absolute Gasteiger partial charge is 0.208 e. The van der Waals surface area contributed by atoms with Crippen molar-refractivity contribution in [2.75, 3.05) is 0 Å². The van der Waals surface area contributed by atoms with Crippen molar-refractivity contribution >= 4 is 64.7 Å². The van der Waals surface area contributed by atoms with Crippen molar-refractivity contribution in [3.8, 4) is 45.3 Å². The lowest BCUT2D eigenvalue weighted by Gasteiger charge is -2.12. The van der Waals surface area contributed by atoms with Gasteiger partial charge in [0, 0.05) is 41.9 Å². The van der Waals surface area contributed by atoms with Crippen LogP contribution in [0, 0.1) is 0 Å². The lowest BCUT2D eigenvalue weighted by molar-refractivity contribution is 1.08. The normalized spacial score (nSPS) is 11.6. The molecular formula is C41H24ClN3S. The summed E-state index contributed by atoms with van der Waals surface area (Å²) in [6, 6.07) is 50.4. The van der Waals surface area contributed by atoms with Gasteiger partial charge in [0.1, 0.15) is 0 Å². The summed E-state index contributed by atoms with van der Waals surface area (Å²) in [5, 5.41) is 7.53. The Morgan fingerprint density at radius 2 is 1.07 bits per heavy atom. The van der Waals surface area contributed by atoms with E-state index in [1.165, 1.54) is 15.5 Å². The van der Waals surface area contributed by atoms with Crippen molar-refractivity contribution in [1.29, 1.82) is 0 Å². The fourth-order valence-corrected chi connectivity index (χ4v) is 7.92. The van der Waals surface area contributed by atoms with Crippen molar-refractivity contribution in [1.82, 2.24) is 15.0 Å². The summed E-state index contributed by atoms with van der Waals surface area (Å²) in [5.74, 6) is 1.88. The van der Waals surface area contributed by atoms with Crippen LogP contribution in [0.2, 0.25) is 5.02 Å². The Kier molecular flexibility index (Phi) is 6.37. The van der Waals surface area contributed by atoms with E-state index >= 15 is 0 Å². The fourth-order valence-electron chi connectivity index (χ4n) is 6.34. The SMILES string of the molecule is Clc1ccc(-c2nc(-c3cccc(-c4ccccc4)c3)nc(-c3cccc4ccccc34)n2)c2sc3cc4ccccc4cc3c12. The summed E-state index contributed by atoms with van der Waals surface area (Å²) in [4.78, 5) is 15.5. The molecule has 0 atom stereocenters. The van der Waals surface area contributed by atoms with Crippen LogP contribution in [0.4, 0.5) is 0 Å². The van der Waals surface area contributed by atoms with E-state index in [4.69, 9.17) is 26.6 Å². The van der Waals surface area contributed by atoms with Crippen LogP contribution in [0.15, 0.2) is 146 Å². The third-order valence-electron chi connectivity index (χ3n) is 8.57. The van der Waals surface area contributed by atoms with E-state index in [1.54, 1.807) is 11.3 Å². The first kappa shape index (κ1) is 26.9. The second-order valence-corrected chi connectivity index (χ2v) is 12.8. The molecule has 0 fully saturated rings. The molecule has 7 aromatic carbocycles. The topological polar surface area (TPSA) is 38.7 Å². The maximum Gasteiger partial charge on any atom is 0.165 e. The van der Waals surface area contributed by atoms with Gasteiger partial charge in [0.2, 0.25) is 0 Å². The number of halogens is 1. The highest BCUT2D eigenvalue weighted by atomic mass is 35.5. The van der Waals surface area contributed by atoms with Gasteiger partial charge in [-0.3, -0.25) is 0 Å². The molecule has 0 aliphatic rings. The van der Waals surface area contributed by atoms with Gasteiger partial charge in [0.25, 0.3) is 0 Å². The maximum absolute atomic E-state index is 6.94.